The van der Waals surface area contributed by atoms with Gasteiger partial charge >= 0.3 is 5.97 Å². The van der Waals surface area contributed by atoms with Gasteiger partial charge in [0.05, 0.1) is 19.7 Å². The minimum atomic E-state index is -0.293. The molecule has 138 valence electrons. The third-order valence-corrected chi connectivity index (χ3v) is 4.59. The number of hydrogen-bond acceptors (Lipinski definition) is 4. The summed E-state index contributed by atoms with van der Waals surface area (Å²) >= 11 is 0. The van der Waals surface area contributed by atoms with E-state index in [0.29, 0.717) is 19.1 Å². The van der Waals surface area contributed by atoms with Crippen LogP contribution in [0, 0.1) is 5.92 Å². The molecule has 1 N–H and O–H groups in total. The summed E-state index contributed by atoms with van der Waals surface area (Å²) in [5.74, 6) is 0.287. The number of carbonyl (C=O) groups excluding carboxylic acids is 2. The number of benzene rings is 1. The van der Waals surface area contributed by atoms with Crippen molar-refractivity contribution in [3.63, 3.8) is 0 Å². The van der Waals surface area contributed by atoms with Crippen LogP contribution in [0.1, 0.15) is 44.6 Å². The van der Waals surface area contributed by atoms with Crippen molar-refractivity contribution in [1.82, 2.24) is 10.2 Å². The number of esters is 1. The second-order valence-corrected chi connectivity index (χ2v) is 6.74. The van der Waals surface area contributed by atoms with Gasteiger partial charge in [-0.1, -0.05) is 49.6 Å². The zero-order valence-corrected chi connectivity index (χ0v) is 15.2. The topological polar surface area (TPSA) is 58.6 Å². The molecule has 0 heterocycles. The lowest BCUT2D eigenvalue weighted by Gasteiger charge is -2.24. The molecule has 1 saturated carbocycles. The minimum Gasteiger partial charge on any atom is -0.465 e. The van der Waals surface area contributed by atoms with Gasteiger partial charge in [-0.2, -0.15) is 0 Å². The third kappa shape index (κ3) is 7.69. The van der Waals surface area contributed by atoms with E-state index in [2.05, 4.69) is 5.32 Å². The molecule has 1 aromatic carbocycles. The summed E-state index contributed by atoms with van der Waals surface area (Å²) in [6.45, 7) is 3.77. The highest BCUT2D eigenvalue weighted by molar-refractivity contribution is 5.79. The number of rotatable bonds is 9. The van der Waals surface area contributed by atoms with Crippen LogP contribution < -0.4 is 5.32 Å². The molecule has 0 atom stereocenters. The highest BCUT2D eigenvalue weighted by Gasteiger charge is 2.18. The van der Waals surface area contributed by atoms with Crippen LogP contribution >= 0.6 is 0 Å². The molecule has 1 aromatic rings. The zero-order chi connectivity index (χ0) is 17.9. The zero-order valence-electron chi connectivity index (χ0n) is 15.2. The first kappa shape index (κ1) is 19.4. The van der Waals surface area contributed by atoms with E-state index in [4.69, 9.17) is 4.74 Å². The molecule has 0 saturated heterocycles. The molecular formula is C20H30N2O3. The van der Waals surface area contributed by atoms with Gasteiger partial charge in [-0.3, -0.25) is 14.5 Å². The van der Waals surface area contributed by atoms with Crippen molar-refractivity contribution in [3.8, 4) is 0 Å². The summed E-state index contributed by atoms with van der Waals surface area (Å²) in [4.78, 5) is 26.0. The Morgan fingerprint density at radius 1 is 1.12 bits per heavy atom. The summed E-state index contributed by atoms with van der Waals surface area (Å²) in [5, 5.41) is 3.04. The summed E-state index contributed by atoms with van der Waals surface area (Å²) in [6, 6.07) is 9.87. The maximum Gasteiger partial charge on any atom is 0.320 e. The fraction of sp³-hybridized carbons (Fsp3) is 0.600. The Morgan fingerprint density at radius 3 is 2.52 bits per heavy atom. The van der Waals surface area contributed by atoms with Gasteiger partial charge in [0.1, 0.15) is 0 Å². The molecule has 0 radical (unpaired) electrons. The highest BCUT2D eigenvalue weighted by atomic mass is 16.5. The van der Waals surface area contributed by atoms with Crippen LogP contribution in [0.2, 0.25) is 0 Å². The molecule has 0 spiro atoms. The number of nitrogens with zero attached hydrogens (tertiary/aromatic N) is 1. The van der Waals surface area contributed by atoms with Gasteiger partial charge < -0.3 is 10.1 Å². The first-order valence-electron chi connectivity index (χ1n) is 9.36. The summed E-state index contributed by atoms with van der Waals surface area (Å²) in [6.07, 6.45) is 6.26. The molecule has 0 aliphatic heterocycles. The van der Waals surface area contributed by atoms with Gasteiger partial charge in [0, 0.05) is 13.1 Å². The average Bonchev–Trinajstić information content (AvgIpc) is 2.62. The lowest BCUT2D eigenvalue weighted by atomic mass is 9.89. The molecule has 0 bridgehead atoms. The summed E-state index contributed by atoms with van der Waals surface area (Å²) < 4.78 is 5.03. The molecule has 2 rings (SSSR count). The van der Waals surface area contributed by atoms with Gasteiger partial charge in [-0.15, -0.1) is 0 Å². The quantitative estimate of drug-likeness (QED) is 0.699. The molecule has 0 unspecified atom stereocenters. The maximum absolute atomic E-state index is 12.3. The molecular weight excluding hydrogens is 316 g/mol. The van der Waals surface area contributed by atoms with Gasteiger partial charge in [0.25, 0.3) is 0 Å². The van der Waals surface area contributed by atoms with Crippen LogP contribution in [0.5, 0.6) is 0 Å². The van der Waals surface area contributed by atoms with Crippen LogP contribution in [-0.2, 0) is 20.9 Å². The smallest absolute Gasteiger partial charge is 0.320 e. The Kier molecular flexibility index (Phi) is 8.46. The summed E-state index contributed by atoms with van der Waals surface area (Å²) in [7, 11) is 0. The van der Waals surface area contributed by atoms with Crippen molar-refractivity contribution in [3.05, 3.63) is 35.9 Å². The Morgan fingerprint density at radius 2 is 1.84 bits per heavy atom. The van der Waals surface area contributed by atoms with Crippen molar-refractivity contribution in [2.24, 2.45) is 5.92 Å². The normalized spacial score (nSPS) is 15.1. The fourth-order valence-corrected chi connectivity index (χ4v) is 3.31. The van der Waals surface area contributed by atoms with Crippen LogP contribution in [0.25, 0.3) is 0 Å². The van der Waals surface area contributed by atoms with Crippen molar-refractivity contribution in [2.45, 2.75) is 45.6 Å². The van der Waals surface area contributed by atoms with E-state index in [9.17, 15) is 9.59 Å². The van der Waals surface area contributed by atoms with E-state index in [1.807, 2.05) is 35.2 Å². The predicted molar refractivity (Wildman–Crippen MR) is 97.9 cm³/mol. The van der Waals surface area contributed by atoms with Crippen molar-refractivity contribution >= 4 is 11.9 Å². The first-order valence-corrected chi connectivity index (χ1v) is 9.36. The maximum atomic E-state index is 12.3. The summed E-state index contributed by atoms with van der Waals surface area (Å²) in [5.41, 5.74) is 1.08. The van der Waals surface area contributed by atoms with Crippen molar-refractivity contribution in [1.29, 1.82) is 0 Å². The Hall–Kier alpha value is -1.88. The Bertz CT molecular complexity index is 527. The van der Waals surface area contributed by atoms with E-state index in [-0.39, 0.29) is 25.0 Å². The molecule has 0 aromatic heterocycles. The average molecular weight is 346 g/mol. The van der Waals surface area contributed by atoms with E-state index >= 15 is 0 Å². The number of nitrogens with one attached hydrogen (secondary N) is 1. The Balaban J connectivity index is 1.84. The second kappa shape index (κ2) is 10.9. The van der Waals surface area contributed by atoms with E-state index in [0.717, 1.165) is 12.1 Å². The second-order valence-electron chi connectivity index (χ2n) is 6.74. The van der Waals surface area contributed by atoms with Crippen molar-refractivity contribution < 1.29 is 14.3 Å². The minimum absolute atomic E-state index is 0.0224. The lowest BCUT2D eigenvalue weighted by molar-refractivity contribution is -0.144. The third-order valence-electron chi connectivity index (χ3n) is 4.59. The van der Waals surface area contributed by atoms with Crippen LogP contribution in [0.3, 0.4) is 0 Å². The van der Waals surface area contributed by atoms with Gasteiger partial charge in [-0.25, -0.2) is 0 Å². The van der Waals surface area contributed by atoms with Crippen LogP contribution in [0.15, 0.2) is 30.3 Å². The van der Waals surface area contributed by atoms with Crippen molar-refractivity contribution in [2.75, 3.05) is 26.2 Å². The standard InChI is InChI=1S/C20H30N2O3/c1-2-25-20(24)16-22(14-18-11-7-4-8-12-18)15-19(23)21-13-17-9-5-3-6-10-17/h4,7-8,11-12,17H,2-3,5-6,9-10,13-16H2,1H3,(H,21,23). The highest BCUT2D eigenvalue weighted by Crippen LogP contribution is 2.22. The van der Waals surface area contributed by atoms with Gasteiger partial charge in [0.2, 0.25) is 5.91 Å². The van der Waals surface area contributed by atoms with Crippen LogP contribution in [0.4, 0.5) is 0 Å². The number of amides is 1. The molecule has 5 nitrogen and oxygen atoms in total. The number of hydrogen-bond donors (Lipinski definition) is 1. The molecule has 1 amide bonds. The van der Waals surface area contributed by atoms with Gasteiger partial charge in [0.15, 0.2) is 0 Å². The monoisotopic (exact) mass is 346 g/mol. The molecule has 25 heavy (non-hydrogen) atoms. The van der Waals surface area contributed by atoms with E-state index < -0.39 is 0 Å². The molecule has 5 heteroatoms. The van der Waals surface area contributed by atoms with E-state index in [1.54, 1.807) is 6.92 Å². The van der Waals surface area contributed by atoms with Crippen LogP contribution in [-0.4, -0.2) is 43.0 Å². The SMILES string of the molecule is CCOC(=O)CN(CC(=O)NCC1CCCCC1)Cc1ccccc1. The lowest BCUT2D eigenvalue weighted by Crippen LogP contribution is -2.41. The fourth-order valence-electron chi connectivity index (χ4n) is 3.31. The predicted octanol–water partition coefficient (Wildman–Crippen LogP) is 2.75. The number of ether oxygens (including phenoxy) is 1. The number of carbonyl (C=O) groups is 2. The first-order chi connectivity index (χ1) is 12.2. The largest absolute Gasteiger partial charge is 0.465 e. The molecule has 1 aliphatic rings. The van der Waals surface area contributed by atoms with Gasteiger partial charge in [-0.05, 0) is 31.2 Å². The Labute approximate surface area is 150 Å². The molecule has 1 aliphatic carbocycles. The molecule has 1 fully saturated rings. The van der Waals surface area contributed by atoms with E-state index in [1.165, 1.54) is 32.1 Å².